The van der Waals surface area contributed by atoms with Gasteiger partial charge in [0.25, 0.3) is 5.91 Å². The fourth-order valence-corrected chi connectivity index (χ4v) is 2.48. The maximum atomic E-state index is 12.0. The molecule has 0 heterocycles. The van der Waals surface area contributed by atoms with Gasteiger partial charge in [0.2, 0.25) is 0 Å². The van der Waals surface area contributed by atoms with E-state index < -0.39 is 17.4 Å². The number of aryl methyl sites for hydroxylation is 2. The molecule has 1 unspecified atom stereocenters. The average Bonchev–Trinajstić information content (AvgIpc) is 3.22. The predicted molar refractivity (Wildman–Crippen MR) is 78.3 cm³/mol. The SMILES string of the molecule is Cc1cccc(C)c1OCC(=O)NC(C)(C(=O)O)C1CC1. The first-order valence-electron chi connectivity index (χ1n) is 7.08. The van der Waals surface area contributed by atoms with E-state index in [1.54, 1.807) is 6.92 Å². The van der Waals surface area contributed by atoms with Crippen LogP contribution in [0.1, 0.15) is 30.9 Å². The predicted octanol–water partition coefficient (Wildman–Crippen LogP) is 2.05. The normalized spacial score (nSPS) is 16.9. The van der Waals surface area contributed by atoms with E-state index in [0.29, 0.717) is 5.75 Å². The molecule has 1 atom stereocenters. The highest BCUT2D eigenvalue weighted by Gasteiger charge is 2.48. The molecule has 1 amide bonds. The molecule has 2 rings (SSSR count). The van der Waals surface area contributed by atoms with Gasteiger partial charge in [-0.05, 0) is 50.7 Å². The Morgan fingerprint density at radius 1 is 1.33 bits per heavy atom. The fraction of sp³-hybridized carbons (Fsp3) is 0.500. The number of aliphatic carboxylic acids is 1. The first kappa shape index (κ1) is 15.4. The minimum Gasteiger partial charge on any atom is -0.483 e. The number of benzene rings is 1. The van der Waals surface area contributed by atoms with Crippen molar-refractivity contribution in [3.05, 3.63) is 29.3 Å². The molecule has 0 saturated heterocycles. The molecule has 5 nitrogen and oxygen atoms in total. The van der Waals surface area contributed by atoms with E-state index in [1.165, 1.54) is 0 Å². The van der Waals surface area contributed by atoms with E-state index in [2.05, 4.69) is 5.32 Å². The highest BCUT2D eigenvalue weighted by atomic mass is 16.5. The molecule has 1 saturated carbocycles. The lowest BCUT2D eigenvalue weighted by Crippen LogP contribution is -2.55. The summed E-state index contributed by atoms with van der Waals surface area (Å²) in [5, 5.41) is 11.9. The van der Waals surface area contributed by atoms with E-state index >= 15 is 0 Å². The number of nitrogens with one attached hydrogen (secondary N) is 1. The number of carbonyl (C=O) groups excluding carboxylic acids is 1. The minimum atomic E-state index is -1.19. The Kier molecular flexibility index (Phi) is 4.21. The standard InChI is InChI=1S/C16H21NO4/c1-10-5-4-6-11(2)14(10)21-9-13(18)17-16(3,15(19)20)12-7-8-12/h4-6,12H,7-9H2,1-3H3,(H,17,18)(H,19,20). The van der Waals surface area contributed by atoms with Crippen LogP contribution in [0.3, 0.4) is 0 Å². The lowest BCUT2D eigenvalue weighted by molar-refractivity contribution is -0.148. The molecule has 0 bridgehead atoms. The molecule has 0 radical (unpaired) electrons. The molecular weight excluding hydrogens is 270 g/mol. The molecule has 0 aliphatic heterocycles. The summed E-state index contributed by atoms with van der Waals surface area (Å²) in [6.07, 6.45) is 1.67. The number of amides is 1. The number of carboxylic acid groups (broad SMARTS) is 1. The Balaban J connectivity index is 1.97. The molecule has 5 heteroatoms. The second-order valence-electron chi connectivity index (χ2n) is 5.84. The van der Waals surface area contributed by atoms with Gasteiger partial charge in [-0.15, -0.1) is 0 Å². The number of carbonyl (C=O) groups is 2. The van der Waals surface area contributed by atoms with Crippen molar-refractivity contribution in [1.29, 1.82) is 0 Å². The van der Waals surface area contributed by atoms with E-state index in [-0.39, 0.29) is 12.5 Å². The molecule has 2 N–H and O–H groups in total. The molecule has 114 valence electrons. The monoisotopic (exact) mass is 291 g/mol. The van der Waals surface area contributed by atoms with Gasteiger partial charge in [0.05, 0.1) is 0 Å². The zero-order chi connectivity index (χ0) is 15.6. The fourth-order valence-electron chi connectivity index (χ4n) is 2.48. The van der Waals surface area contributed by atoms with Gasteiger partial charge >= 0.3 is 5.97 Å². The summed E-state index contributed by atoms with van der Waals surface area (Å²) >= 11 is 0. The molecule has 0 aromatic heterocycles. The molecular formula is C16H21NO4. The minimum absolute atomic E-state index is 0.0131. The van der Waals surface area contributed by atoms with Crippen LogP contribution >= 0.6 is 0 Å². The van der Waals surface area contributed by atoms with Crippen LogP contribution < -0.4 is 10.1 Å². The quantitative estimate of drug-likeness (QED) is 0.841. The summed E-state index contributed by atoms with van der Waals surface area (Å²) < 4.78 is 5.55. The highest BCUT2D eigenvalue weighted by Crippen LogP contribution is 2.39. The lowest BCUT2D eigenvalue weighted by atomic mass is 9.96. The maximum Gasteiger partial charge on any atom is 0.329 e. The Morgan fingerprint density at radius 3 is 2.38 bits per heavy atom. The van der Waals surface area contributed by atoms with Crippen LogP contribution in [-0.4, -0.2) is 29.1 Å². The van der Waals surface area contributed by atoms with Crippen molar-refractivity contribution in [2.45, 2.75) is 39.2 Å². The number of ether oxygens (including phenoxy) is 1. The number of para-hydroxylation sites is 1. The largest absolute Gasteiger partial charge is 0.483 e. The van der Waals surface area contributed by atoms with E-state index in [4.69, 9.17) is 4.74 Å². The maximum absolute atomic E-state index is 12.0. The Hall–Kier alpha value is -2.04. The third-order valence-electron chi connectivity index (χ3n) is 3.99. The topological polar surface area (TPSA) is 75.6 Å². The van der Waals surface area contributed by atoms with Gasteiger partial charge in [-0.3, -0.25) is 4.79 Å². The summed E-state index contributed by atoms with van der Waals surface area (Å²) in [6, 6.07) is 5.74. The second kappa shape index (κ2) is 5.76. The average molecular weight is 291 g/mol. The van der Waals surface area contributed by atoms with Crippen LogP contribution in [0.2, 0.25) is 0 Å². The highest BCUT2D eigenvalue weighted by molar-refractivity contribution is 5.88. The van der Waals surface area contributed by atoms with Gasteiger partial charge in [0, 0.05) is 0 Å². The van der Waals surface area contributed by atoms with Crippen molar-refractivity contribution >= 4 is 11.9 Å². The summed E-state index contributed by atoms with van der Waals surface area (Å²) in [5.41, 5.74) is 0.707. The second-order valence-corrected chi connectivity index (χ2v) is 5.84. The van der Waals surface area contributed by atoms with Crippen LogP contribution in [0, 0.1) is 19.8 Å². The summed E-state index contributed by atoms with van der Waals surface area (Å²) in [7, 11) is 0. The lowest BCUT2D eigenvalue weighted by Gasteiger charge is -2.26. The third kappa shape index (κ3) is 3.35. The molecule has 1 aromatic rings. The van der Waals surface area contributed by atoms with E-state index in [0.717, 1.165) is 24.0 Å². The molecule has 1 aromatic carbocycles. The summed E-state index contributed by atoms with van der Waals surface area (Å²) in [5.74, 6) is -0.713. The molecule has 1 aliphatic carbocycles. The Morgan fingerprint density at radius 2 is 1.90 bits per heavy atom. The molecule has 1 fully saturated rings. The van der Waals surface area contributed by atoms with Gasteiger partial charge < -0.3 is 15.2 Å². The molecule has 21 heavy (non-hydrogen) atoms. The van der Waals surface area contributed by atoms with Gasteiger partial charge in [0.15, 0.2) is 6.61 Å². The Labute approximate surface area is 124 Å². The van der Waals surface area contributed by atoms with Crippen molar-refractivity contribution in [1.82, 2.24) is 5.32 Å². The van der Waals surface area contributed by atoms with Gasteiger partial charge in [-0.2, -0.15) is 0 Å². The van der Waals surface area contributed by atoms with E-state index in [9.17, 15) is 14.7 Å². The van der Waals surface area contributed by atoms with E-state index in [1.807, 2.05) is 32.0 Å². The first-order chi connectivity index (χ1) is 9.84. The van der Waals surface area contributed by atoms with Crippen LogP contribution in [-0.2, 0) is 9.59 Å². The first-order valence-corrected chi connectivity index (χ1v) is 7.08. The number of hydrogen-bond acceptors (Lipinski definition) is 3. The smallest absolute Gasteiger partial charge is 0.329 e. The zero-order valence-corrected chi connectivity index (χ0v) is 12.6. The molecule has 1 aliphatic rings. The van der Waals surface area contributed by atoms with Gasteiger partial charge in [-0.25, -0.2) is 4.79 Å². The third-order valence-corrected chi connectivity index (χ3v) is 3.99. The van der Waals surface area contributed by atoms with Crippen LogP contribution in [0.4, 0.5) is 0 Å². The number of hydrogen-bond donors (Lipinski definition) is 2. The van der Waals surface area contributed by atoms with Gasteiger partial charge in [-0.1, -0.05) is 18.2 Å². The Bertz CT molecular complexity index is 545. The number of rotatable bonds is 6. The van der Waals surface area contributed by atoms with Crippen LogP contribution in [0.25, 0.3) is 0 Å². The van der Waals surface area contributed by atoms with Crippen molar-refractivity contribution in [2.24, 2.45) is 5.92 Å². The summed E-state index contributed by atoms with van der Waals surface area (Å²) in [4.78, 5) is 23.4. The molecule has 0 spiro atoms. The van der Waals surface area contributed by atoms with Gasteiger partial charge in [0.1, 0.15) is 11.3 Å². The summed E-state index contributed by atoms with van der Waals surface area (Å²) in [6.45, 7) is 5.20. The van der Waals surface area contributed by atoms with Crippen molar-refractivity contribution in [3.63, 3.8) is 0 Å². The number of carboxylic acids is 1. The zero-order valence-electron chi connectivity index (χ0n) is 12.6. The van der Waals surface area contributed by atoms with Crippen molar-refractivity contribution in [3.8, 4) is 5.75 Å². The van der Waals surface area contributed by atoms with Crippen LogP contribution in [0.15, 0.2) is 18.2 Å². The van der Waals surface area contributed by atoms with Crippen LogP contribution in [0.5, 0.6) is 5.75 Å². The van der Waals surface area contributed by atoms with Crippen molar-refractivity contribution in [2.75, 3.05) is 6.61 Å². The van der Waals surface area contributed by atoms with Crippen molar-refractivity contribution < 1.29 is 19.4 Å².